The molecule has 0 unspecified atom stereocenters. The second-order valence-corrected chi connectivity index (χ2v) is 11.5. The zero-order valence-electron chi connectivity index (χ0n) is 22.4. The Balaban J connectivity index is 1.46. The van der Waals surface area contributed by atoms with Gasteiger partial charge in [0.1, 0.15) is 5.75 Å². The number of piperidine rings is 1. The van der Waals surface area contributed by atoms with Gasteiger partial charge in [-0.2, -0.15) is 0 Å². The Hall–Kier alpha value is -2.82. The molecule has 38 heavy (non-hydrogen) atoms. The Morgan fingerprint density at radius 3 is 2.55 bits per heavy atom. The Labute approximate surface area is 226 Å². The molecule has 2 fully saturated rings. The fourth-order valence-corrected chi connectivity index (χ4v) is 6.27. The molecule has 10 heteroatoms. The van der Waals surface area contributed by atoms with Gasteiger partial charge in [-0.05, 0) is 74.7 Å². The SMILES string of the molecule is CC[C@H]1CCCCN1CCCNC(=O)c1ccc(N2CCOCC2)c(NS(=O)(=O)c2ccc(OC)cc2)c1. The van der Waals surface area contributed by atoms with Crippen LogP contribution < -0.4 is 19.7 Å². The monoisotopic (exact) mass is 544 g/mol. The number of ether oxygens (including phenoxy) is 2. The van der Waals surface area contributed by atoms with E-state index in [2.05, 4.69) is 26.8 Å². The molecule has 2 aromatic rings. The Morgan fingerprint density at radius 1 is 1.08 bits per heavy atom. The van der Waals surface area contributed by atoms with Crippen LogP contribution in [0.1, 0.15) is 49.4 Å². The van der Waals surface area contributed by atoms with Crippen molar-refractivity contribution in [2.45, 2.75) is 50.0 Å². The van der Waals surface area contributed by atoms with Gasteiger partial charge >= 0.3 is 0 Å². The maximum absolute atomic E-state index is 13.2. The van der Waals surface area contributed by atoms with Crippen LogP contribution in [0.4, 0.5) is 11.4 Å². The van der Waals surface area contributed by atoms with E-state index >= 15 is 0 Å². The van der Waals surface area contributed by atoms with Gasteiger partial charge in [-0.25, -0.2) is 8.42 Å². The highest BCUT2D eigenvalue weighted by molar-refractivity contribution is 7.92. The number of carbonyl (C=O) groups excluding carboxylic acids is 1. The van der Waals surface area contributed by atoms with E-state index < -0.39 is 10.0 Å². The number of anilines is 2. The first-order valence-corrected chi connectivity index (χ1v) is 15.1. The van der Waals surface area contributed by atoms with Crippen LogP contribution in [0.2, 0.25) is 0 Å². The standard InChI is InChI=1S/C28H40N4O5S/c1-3-23-7-4-5-15-31(23)16-6-14-29-28(33)22-8-13-27(32-17-19-37-20-18-32)26(21-22)30-38(34,35)25-11-9-24(36-2)10-12-25/h8-13,21,23,30H,3-7,14-20H2,1-2H3,(H,29,33)/t23-/m0/s1. The molecule has 1 amide bonds. The third-order valence-corrected chi connectivity index (χ3v) is 8.73. The molecule has 2 N–H and O–H groups in total. The second-order valence-electron chi connectivity index (χ2n) is 9.82. The van der Waals surface area contributed by atoms with Gasteiger partial charge in [-0.1, -0.05) is 13.3 Å². The number of methoxy groups -OCH3 is 1. The predicted molar refractivity (Wildman–Crippen MR) is 150 cm³/mol. The van der Waals surface area contributed by atoms with Crippen LogP contribution in [-0.4, -0.2) is 78.3 Å². The van der Waals surface area contributed by atoms with Gasteiger partial charge in [0.2, 0.25) is 0 Å². The summed E-state index contributed by atoms with van der Waals surface area (Å²) in [6.45, 7) is 7.31. The summed E-state index contributed by atoms with van der Waals surface area (Å²) in [6.07, 6.45) is 5.85. The van der Waals surface area contributed by atoms with E-state index in [0.29, 0.717) is 55.9 Å². The molecule has 9 nitrogen and oxygen atoms in total. The van der Waals surface area contributed by atoms with E-state index in [0.717, 1.165) is 31.6 Å². The number of benzene rings is 2. The number of sulfonamides is 1. The summed E-state index contributed by atoms with van der Waals surface area (Å²) in [6, 6.07) is 12.0. The number of rotatable bonds is 11. The topological polar surface area (TPSA) is 100 Å². The number of carbonyl (C=O) groups is 1. The lowest BCUT2D eigenvalue weighted by molar-refractivity contribution is 0.0947. The first-order chi connectivity index (χ1) is 18.4. The van der Waals surface area contributed by atoms with Gasteiger partial charge in [0.15, 0.2) is 0 Å². The minimum atomic E-state index is -3.88. The number of nitrogens with zero attached hydrogens (tertiary/aromatic N) is 2. The fourth-order valence-electron chi connectivity index (χ4n) is 5.20. The Bertz CT molecular complexity index is 1170. The predicted octanol–water partition coefficient (Wildman–Crippen LogP) is 3.72. The van der Waals surface area contributed by atoms with Crippen molar-refractivity contribution in [3.63, 3.8) is 0 Å². The molecule has 2 heterocycles. The molecule has 4 rings (SSSR count). The lowest BCUT2D eigenvalue weighted by Crippen LogP contribution is -2.40. The number of likely N-dealkylation sites (tertiary alicyclic amines) is 1. The third kappa shape index (κ3) is 7.18. The van der Waals surface area contributed by atoms with Crippen molar-refractivity contribution >= 4 is 27.3 Å². The van der Waals surface area contributed by atoms with Crippen LogP contribution in [0.15, 0.2) is 47.4 Å². The summed E-state index contributed by atoms with van der Waals surface area (Å²) in [5.41, 5.74) is 1.51. The summed E-state index contributed by atoms with van der Waals surface area (Å²) in [4.78, 5) is 17.7. The van der Waals surface area contributed by atoms with Crippen LogP contribution in [0.5, 0.6) is 5.75 Å². The largest absolute Gasteiger partial charge is 0.497 e. The van der Waals surface area contributed by atoms with Crippen LogP contribution in [0.25, 0.3) is 0 Å². The van der Waals surface area contributed by atoms with Gasteiger partial charge in [-0.3, -0.25) is 9.52 Å². The summed E-state index contributed by atoms with van der Waals surface area (Å²) in [7, 11) is -2.35. The molecule has 0 saturated carbocycles. The quantitative estimate of drug-likeness (QED) is 0.416. The first kappa shape index (κ1) is 28.2. The van der Waals surface area contributed by atoms with Crippen molar-refractivity contribution < 1.29 is 22.7 Å². The molecule has 0 aromatic heterocycles. The molecule has 2 aromatic carbocycles. The molecule has 0 bridgehead atoms. The minimum Gasteiger partial charge on any atom is -0.497 e. The average Bonchev–Trinajstić information content (AvgIpc) is 2.95. The number of nitrogens with one attached hydrogen (secondary N) is 2. The maximum atomic E-state index is 13.2. The van der Waals surface area contributed by atoms with Crippen LogP contribution in [0.3, 0.4) is 0 Å². The second kappa shape index (κ2) is 13.3. The molecule has 0 spiro atoms. The highest BCUT2D eigenvalue weighted by Crippen LogP contribution is 2.31. The smallest absolute Gasteiger partial charge is 0.261 e. The van der Waals surface area contributed by atoms with Gasteiger partial charge < -0.3 is 24.6 Å². The van der Waals surface area contributed by atoms with E-state index in [9.17, 15) is 13.2 Å². The highest BCUT2D eigenvalue weighted by Gasteiger charge is 2.23. The Kier molecular flexibility index (Phi) is 9.87. The van der Waals surface area contributed by atoms with E-state index in [-0.39, 0.29) is 10.8 Å². The van der Waals surface area contributed by atoms with E-state index in [1.165, 1.54) is 38.5 Å². The van der Waals surface area contributed by atoms with Crippen LogP contribution in [0, 0.1) is 0 Å². The average molecular weight is 545 g/mol. The summed E-state index contributed by atoms with van der Waals surface area (Å²) in [5, 5.41) is 3.01. The molecule has 0 radical (unpaired) electrons. The van der Waals surface area contributed by atoms with E-state index in [1.54, 1.807) is 24.3 Å². The maximum Gasteiger partial charge on any atom is 0.261 e. The summed E-state index contributed by atoms with van der Waals surface area (Å²) < 4.78 is 39.8. The van der Waals surface area contributed by atoms with Crippen LogP contribution >= 0.6 is 0 Å². The van der Waals surface area contributed by atoms with Gasteiger partial charge in [0, 0.05) is 37.8 Å². The number of amides is 1. The van der Waals surface area contributed by atoms with Crippen molar-refractivity contribution in [2.24, 2.45) is 0 Å². The van der Waals surface area contributed by atoms with Crippen molar-refractivity contribution in [1.29, 1.82) is 0 Å². The molecule has 2 saturated heterocycles. The molecule has 0 aliphatic carbocycles. The molecular weight excluding hydrogens is 504 g/mol. The van der Waals surface area contributed by atoms with Gasteiger partial charge in [0.25, 0.3) is 15.9 Å². The molecule has 1 atom stereocenters. The van der Waals surface area contributed by atoms with Crippen molar-refractivity contribution in [2.75, 3.05) is 62.7 Å². The van der Waals surface area contributed by atoms with Crippen LogP contribution in [-0.2, 0) is 14.8 Å². The zero-order valence-corrected chi connectivity index (χ0v) is 23.3. The number of hydrogen-bond donors (Lipinski definition) is 2. The normalized spacial score (nSPS) is 18.7. The molecule has 2 aliphatic rings. The van der Waals surface area contributed by atoms with Crippen molar-refractivity contribution in [3.8, 4) is 5.75 Å². The lowest BCUT2D eigenvalue weighted by Gasteiger charge is -2.35. The van der Waals surface area contributed by atoms with Gasteiger partial charge in [-0.15, -0.1) is 0 Å². The van der Waals surface area contributed by atoms with Crippen molar-refractivity contribution in [1.82, 2.24) is 10.2 Å². The highest BCUT2D eigenvalue weighted by atomic mass is 32.2. The summed E-state index contributed by atoms with van der Waals surface area (Å²) in [5.74, 6) is 0.358. The molecule has 2 aliphatic heterocycles. The molecular formula is C28H40N4O5S. The number of morpholine rings is 1. The zero-order chi connectivity index (χ0) is 27.0. The first-order valence-electron chi connectivity index (χ1n) is 13.6. The lowest BCUT2D eigenvalue weighted by atomic mass is 10.00. The fraction of sp³-hybridized carbons (Fsp3) is 0.536. The van der Waals surface area contributed by atoms with Gasteiger partial charge in [0.05, 0.1) is 36.6 Å². The van der Waals surface area contributed by atoms with E-state index in [4.69, 9.17) is 9.47 Å². The van der Waals surface area contributed by atoms with E-state index in [1.807, 2.05) is 6.07 Å². The number of hydrogen-bond acceptors (Lipinski definition) is 7. The summed E-state index contributed by atoms with van der Waals surface area (Å²) >= 11 is 0. The molecule has 208 valence electrons. The minimum absolute atomic E-state index is 0.115. The third-order valence-electron chi connectivity index (χ3n) is 7.35. The van der Waals surface area contributed by atoms with Crippen molar-refractivity contribution in [3.05, 3.63) is 48.0 Å². The Morgan fingerprint density at radius 2 is 1.84 bits per heavy atom.